The molecule has 3 aromatic carbocycles. The zero-order valence-corrected chi connectivity index (χ0v) is 20.4. The summed E-state index contributed by atoms with van der Waals surface area (Å²) in [5.74, 6) is 0.143. The molecule has 0 aliphatic heterocycles. The number of carbonyl (C=O) groups excluding carboxylic acids is 1. The SMILES string of the molecule is O=C(CSc1nc2c(sc(=S)n2Cc2ccccc2)c(=O)n1-c1ccccc1)c1ccccc1. The number of hydrogen-bond acceptors (Lipinski definition) is 6. The van der Waals surface area contributed by atoms with Gasteiger partial charge >= 0.3 is 0 Å². The van der Waals surface area contributed by atoms with E-state index >= 15 is 0 Å². The second-order valence-electron chi connectivity index (χ2n) is 7.54. The second kappa shape index (κ2) is 9.89. The molecule has 5 rings (SSSR count). The normalized spacial score (nSPS) is 11.1. The van der Waals surface area contributed by atoms with Gasteiger partial charge in [0.2, 0.25) is 0 Å². The summed E-state index contributed by atoms with van der Waals surface area (Å²) >= 11 is 8.14. The highest BCUT2D eigenvalue weighted by atomic mass is 32.2. The molecule has 0 amide bonds. The third-order valence-corrected chi connectivity index (χ3v) is 7.65. The molecule has 0 atom stereocenters. The zero-order chi connectivity index (χ0) is 23.5. The molecule has 0 N–H and O–H groups in total. The van der Waals surface area contributed by atoms with Crippen LogP contribution in [-0.2, 0) is 6.54 Å². The number of thioether (sulfide) groups is 1. The number of ketones is 1. The van der Waals surface area contributed by atoms with Crippen LogP contribution in [0.5, 0.6) is 0 Å². The van der Waals surface area contributed by atoms with Crippen LogP contribution in [0.4, 0.5) is 0 Å². The van der Waals surface area contributed by atoms with Gasteiger partial charge in [-0.05, 0) is 29.9 Å². The maximum absolute atomic E-state index is 13.7. The fourth-order valence-corrected chi connectivity index (χ4v) is 5.78. The molecule has 0 aliphatic rings. The van der Waals surface area contributed by atoms with Crippen molar-refractivity contribution < 1.29 is 4.79 Å². The predicted octanol–water partition coefficient (Wildman–Crippen LogP) is 6.00. The van der Waals surface area contributed by atoms with Gasteiger partial charge in [0, 0.05) is 5.56 Å². The third kappa shape index (κ3) is 4.52. The Labute approximate surface area is 209 Å². The van der Waals surface area contributed by atoms with Gasteiger partial charge in [0.1, 0.15) is 4.70 Å². The predicted molar refractivity (Wildman–Crippen MR) is 141 cm³/mol. The van der Waals surface area contributed by atoms with Gasteiger partial charge in [-0.3, -0.25) is 14.2 Å². The monoisotopic (exact) mass is 501 g/mol. The number of nitrogens with zero attached hydrogens (tertiary/aromatic N) is 3. The van der Waals surface area contributed by atoms with Gasteiger partial charge in [-0.1, -0.05) is 102 Å². The van der Waals surface area contributed by atoms with E-state index in [1.165, 1.54) is 23.1 Å². The van der Waals surface area contributed by atoms with Crippen molar-refractivity contribution in [2.24, 2.45) is 0 Å². The number of benzene rings is 3. The average Bonchev–Trinajstić information content (AvgIpc) is 3.19. The van der Waals surface area contributed by atoms with Crippen molar-refractivity contribution >= 4 is 51.4 Å². The van der Waals surface area contributed by atoms with Crippen LogP contribution < -0.4 is 5.56 Å². The van der Waals surface area contributed by atoms with E-state index in [9.17, 15) is 9.59 Å². The van der Waals surface area contributed by atoms with E-state index in [0.29, 0.717) is 37.3 Å². The highest BCUT2D eigenvalue weighted by Gasteiger charge is 2.19. The number of thiazole rings is 1. The molecule has 34 heavy (non-hydrogen) atoms. The van der Waals surface area contributed by atoms with E-state index in [0.717, 1.165) is 5.56 Å². The van der Waals surface area contributed by atoms with Crippen LogP contribution in [0.15, 0.2) is 101 Å². The number of hydrogen-bond donors (Lipinski definition) is 0. The molecule has 8 heteroatoms. The Morgan fingerprint density at radius 1 is 0.912 bits per heavy atom. The molecule has 5 nitrogen and oxygen atoms in total. The van der Waals surface area contributed by atoms with Crippen LogP contribution in [0.2, 0.25) is 0 Å². The van der Waals surface area contributed by atoms with Crippen LogP contribution in [0.1, 0.15) is 15.9 Å². The summed E-state index contributed by atoms with van der Waals surface area (Å²) < 4.78 is 4.56. The first kappa shape index (κ1) is 22.5. The number of rotatable bonds is 7. The summed E-state index contributed by atoms with van der Waals surface area (Å²) in [4.78, 5) is 31.3. The second-order valence-corrected chi connectivity index (χ2v) is 10.1. The lowest BCUT2D eigenvalue weighted by molar-refractivity contribution is 0.102. The first-order valence-electron chi connectivity index (χ1n) is 10.6. The van der Waals surface area contributed by atoms with Crippen molar-refractivity contribution in [2.45, 2.75) is 11.7 Å². The van der Waals surface area contributed by atoms with Gasteiger partial charge < -0.3 is 4.57 Å². The van der Waals surface area contributed by atoms with Crippen LogP contribution in [0, 0.1) is 3.95 Å². The number of para-hydroxylation sites is 1. The first-order chi connectivity index (χ1) is 16.6. The van der Waals surface area contributed by atoms with E-state index in [-0.39, 0.29) is 17.1 Å². The smallest absolute Gasteiger partial charge is 0.278 e. The van der Waals surface area contributed by atoms with Gasteiger partial charge in [-0.2, -0.15) is 0 Å². The van der Waals surface area contributed by atoms with E-state index in [4.69, 9.17) is 17.2 Å². The fourth-order valence-electron chi connectivity index (χ4n) is 3.62. The lowest BCUT2D eigenvalue weighted by Crippen LogP contribution is -2.22. The minimum absolute atomic E-state index is 0.0222. The summed E-state index contributed by atoms with van der Waals surface area (Å²) in [5, 5.41) is 0.461. The standard InChI is InChI=1S/C26H19N3O2S3/c30-21(19-12-6-2-7-13-19)17-33-25-27-23-22(24(31)29(25)20-14-8-3-9-15-20)34-26(32)28(23)16-18-10-4-1-5-11-18/h1-15H,16-17H2. The Balaban J connectivity index is 1.62. The molecular weight excluding hydrogens is 483 g/mol. The van der Waals surface area contributed by atoms with Crippen LogP contribution in [-0.4, -0.2) is 25.7 Å². The van der Waals surface area contributed by atoms with Crippen LogP contribution >= 0.6 is 35.3 Å². The molecule has 0 saturated heterocycles. The van der Waals surface area contributed by atoms with Crippen molar-refractivity contribution in [1.82, 2.24) is 14.1 Å². The lowest BCUT2D eigenvalue weighted by Gasteiger charge is -2.13. The molecule has 0 fully saturated rings. The van der Waals surface area contributed by atoms with Gasteiger partial charge in [-0.15, -0.1) is 0 Å². The first-order valence-corrected chi connectivity index (χ1v) is 12.8. The summed E-state index contributed by atoms with van der Waals surface area (Å²) in [7, 11) is 0. The average molecular weight is 502 g/mol. The lowest BCUT2D eigenvalue weighted by atomic mass is 10.2. The van der Waals surface area contributed by atoms with E-state index < -0.39 is 0 Å². The fraction of sp³-hybridized carbons (Fsp3) is 0.0769. The van der Waals surface area contributed by atoms with Crippen molar-refractivity contribution in [1.29, 1.82) is 0 Å². The van der Waals surface area contributed by atoms with Gasteiger partial charge in [0.15, 0.2) is 20.5 Å². The Hall–Kier alpha value is -3.33. The van der Waals surface area contributed by atoms with E-state index in [1.54, 1.807) is 16.7 Å². The minimum Gasteiger partial charge on any atom is -0.303 e. The molecule has 168 valence electrons. The molecule has 0 aliphatic carbocycles. The molecule has 0 bridgehead atoms. The van der Waals surface area contributed by atoms with Gasteiger partial charge in [0.05, 0.1) is 18.0 Å². The van der Waals surface area contributed by atoms with Crippen molar-refractivity contribution in [2.75, 3.05) is 5.75 Å². The molecule has 2 heterocycles. The van der Waals surface area contributed by atoms with Crippen molar-refractivity contribution in [3.63, 3.8) is 0 Å². The molecule has 0 spiro atoms. The van der Waals surface area contributed by atoms with Gasteiger partial charge in [0.25, 0.3) is 5.56 Å². The Kier molecular flexibility index (Phi) is 6.53. The Morgan fingerprint density at radius 3 is 2.21 bits per heavy atom. The maximum Gasteiger partial charge on any atom is 0.278 e. The Bertz CT molecular complexity index is 1570. The number of Topliss-reactive ketones (excluding diaryl/α,β-unsaturated/α-hetero) is 1. The summed E-state index contributed by atoms with van der Waals surface area (Å²) in [5.41, 5.74) is 2.76. The zero-order valence-electron chi connectivity index (χ0n) is 18.0. The topological polar surface area (TPSA) is 56.9 Å². The third-order valence-electron chi connectivity index (χ3n) is 5.28. The summed E-state index contributed by atoms with van der Waals surface area (Å²) in [6.07, 6.45) is 0. The van der Waals surface area contributed by atoms with Crippen molar-refractivity contribution in [3.05, 3.63) is 116 Å². The summed E-state index contributed by atoms with van der Waals surface area (Å²) in [6, 6.07) is 28.4. The maximum atomic E-state index is 13.7. The molecule has 5 aromatic rings. The van der Waals surface area contributed by atoms with E-state index in [2.05, 4.69) is 0 Å². The molecular formula is C26H19N3O2S3. The number of fused-ring (bicyclic) bond motifs is 1. The van der Waals surface area contributed by atoms with Crippen LogP contribution in [0.3, 0.4) is 0 Å². The largest absolute Gasteiger partial charge is 0.303 e. The number of carbonyl (C=O) groups is 1. The highest BCUT2D eigenvalue weighted by Crippen LogP contribution is 2.26. The highest BCUT2D eigenvalue weighted by molar-refractivity contribution is 7.99. The number of aromatic nitrogens is 3. The quantitative estimate of drug-likeness (QED) is 0.118. The minimum atomic E-state index is -0.186. The van der Waals surface area contributed by atoms with E-state index in [1.807, 2.05) is 83.4 Å². The van der Waals surface area contributed by atoms with Gasteiger partial charge in [-0.25, -0.2) is 4.98 Å². The van der Waals surface area contributed by atoms with Crippen LogP contribution in [0.25, 0.3) is 16.0 Å². The van der Waals surface area contributed by atoms with Crippen molar-refractivity contribution in [3.8, 4) is 5.69 Å². The molecule has 0 saturated carbocycles. The molecule has 0 radical (unpaired) electrons. The Morgan fingerprint density at radius 2 is 1.53 bits per heavy atom. The molecule has 0 unspecified atom stereocenters. The summed E-state index contributed by atoms with van der Waals surface area (Å²) in [6.45, 7) is 0.522. The molecule has 2 aromatic heterocycles.